The van der Waals surface area contributed by atoms with Gasteiger partial charge in [-0.05, 0) is 32.3 Å². The first kappa shape index (κ1) is 9.99. The molecule has 2 N–H and O–H groups in total. The first-order valence-corrected chi connectivity index (χ1v) is 4.27. The zero-order valence-corrected chi connectivity index (χ0v) is 7.87. The number of carbonyl (C=O) groups is 1. The van der Waals surface area contributed by atoms with Crippen molar-refractivity contribution in [3.05, 3.63) is 23.3 Å². The van der Waals surface area contributed by atoms with E-state index in [0.29, 0.717) is 18.4 Å². The summed E-state index contributed by atoms with van der Waals surface area (Å²) in [5.41, 5.74) is 0.464. The summed E-state index contributed by atoms with van der Waals surface area (Å²) in [7, 11) is 0. The van der Waals surface area contributed by atoms with Gasteiger partial charge < -0.3 is 10.2 Å². The number of carboxylic acids is 1. The summed E-state index contributed by atoms with van der Waals surface area (Å²) in [6, 6.07) is 0. The van der Waals surface area contributed by atoms with Gasteiger partial charge in [-0.15, -0.1) is 0 Å². The predicted octanol–water partition coefficient (Wildman–Crippen LogP) is 1.49. The summed E-state index contributed by atoms with van der Waals surface area (Å²) < 4.78 is 0. The van der Waals surface area contributed by atoms with Crippen LogP contribution in [-0.4, -0.2) is 21.8 Å². The molecule has 0 aliphatic heterocycles. The molecule has 0 unspecified atom stereocenters. The largest absolute Gasteiger partial charge is 0.478 e. The molecule has 13 heavy (non-hydrogen) atoms. The molecule has 0 fully saturated rings. The van der Waals surface area contributed by atoms with Crippen molar-refractivity contribution in [3.63, 3.8) is 0 Å². The molecular weight excluding hydrogens is 168 g/mol. The van der Waals surface area contributed by atoms with E-state index in [1.165, 1.54) is 0 Å². The van der Waals surface area contributed by atoms with Crippen molar-refractivity contribution < 1.29 is 15.0 Å². The molecule has 0 aromatic carbocycles. The fourth-order valence-electron chi connectivity index (χ4n) is 1.33. The highest BCUT2D eigenvalue weighted by Gasteiger charge is 2.22. The summed E-state index contributed by atoms with van der Waals surface area (Å²) in [6.07, 6.45) is 4.40. The lowest BCUT2D eigenvalue weighted by Gasteiger charge is -2.23. The standard InChI is InChI=1S/C10H14O3/c1-10(2,13)8-5-3-7(4-6-8)9(11)12/h3,5,13H,4,6H2,1-2H3,(H,11,12). The van der Waals surface area contributed by atoms with E-state index in [2.05, 4.69) is 0 Å². The Kier molecular flexibility index (Phi) is 2.57. The zero-order valence-electron chi connectivity index (χ0n) is 7.87. The molecule has 3 heteroatoms. The van der Waals surface area contributed by atoms with E-state index < -0.39 is 11.6 Å². The second-order valence-corrected chi connectivity index (χ2v) is 3.75. The average molecular weight is 182 g/mol. The minimum Gasteiger partial charge on any atom is -0.478 e. The summed E-state index contributed by atoms with van der Waals surface area (Å²) in [5, 5.41) is 18.3. The lowest BCUT2D eigenvalue weighted by atomic mass is 9.88. The molecule has 0 heterocycles. The molecule has 0 aromatic rings. The van der Waals surface area contributed by atoms with Crippen LogP contribution in [-0.2, 0) is 4.79 Å². The van der Waals surface area contributed by atoms with Crippen LogP contribution < -0.4 is 0 Å². The average Bonchev–Trinajstić information content (AvgIpc) is 2.03. The normalized spacial score (nSPS) is 17.8. The molecule has 3 nitrogen and oxygen atoms in total. The van der Waals surface area contributed by atoms with Crippen molar-refractivity contribution in [2.24, 2.45) is 0 Å². The minimum absolute atomic E-state index is 0.410. The quantitative estimate of drug-likeness (QED) is 0.680. The van der Waals surface area contributed by atoms with E-state index in [1.54, 1.807) is 26.0 Å². The molecule has 0 aromatic heterocycles. The maximum absolute atomic E-state index is 10.6. The molecular formula is C10H14O3. The van der Waals surface area contributed by atoms with E-state index >= 15 is 0 Å². The molecule has 1 aliphatic rings. The van der Waals surface area contributed by atoms with Crippen LogP contribution in [0.5, 0.6) is 0 Å². The molecule has 0 atom stereocenters. The highest BCUT2D eigenvalue weighted by Crippen LogP contribution is 2.26. The lowest BCUT2D eigenvalue weighted by molar-refractivity contribution is -0.132. The maximum atomic E-state index is 10.6. The van der Waals surface area contributed by atoms with Gasteiger partial charge in [0.2, 0.25) is 0 Å². The predicted molar refractivity (Wildman–Crippen MR) is 49.3 cm³/mol. The third-order valence-electron chi connectivity index (χ3n) is 2.21. The molecule has 0 bridgehead atoms. The second kappa shape index (κ2) is 3.34. The van der Waals surface area contributed by atoms with Gasteiger partial charge in [0.15, 0.2) is 0 Å². The lowest BCUT2D eigenvalue weighted by Crippen LogP contribution is -2.23. The van der Waals surface area contributed by atoms with Gasteiger partial charge in [0, 0.05) is 5.57 Å². The van der Waals surface area contributed by atoms with Gasteiger partial charge in [-0.2, -0.15) is 0 Å². The van der Waals surface area contributed by atoms with E-state index in [9.17, 15) is 9.90 Å². The Bertz CT molecular complexity index is 279. The Balaban J connectivity index is 2.82. The number of allylic oxidation sites excluding steroid dienone is 2. The highest BCUT2D eigenvalue weighted by atomic mass is 16.4. The van der Waals surface area contributed by atoms with Crippen LogP contribution in [0.15, 0.2) is 23.3 Å². The number of carboxylic acid groups (broad SMARTS) is 1. The summed E-state index contributed by atoms with van der Waals surface area (Å²) in [4.78, 5) is 10.6. The van der Waals surface area contributed by atoms with Gasteiger partial charge in [-0.25, -0.2) is 4.79 Å². The molecule has 0 saturated heterocycles. The summed E-state index contributed by atoms with van der Waals surface area (Å²) >= 11 is 0. The third-order valence-corrected chi connectivity index (χ3v) is 2.21. The van der Waals surface area contributed by atoms with Crippen LogP contribution >= 0.6 is 0 Å². The highest BCUT2D eigenvalue weighted by molar-refractivity contribution is 5.87. The van der Waals surface area contributed by atoms with Gasteiger partial charge in [0.1, 0.15) is 0 Å². The fraction of sp³-hybridized carbons (Fsp3) is 0.500. The van der Waals surface area contributed by atoms with Crippen molar-refractivity contribution in [3.8, 4) is 0 Å². The van der Waals surface area contributed by atoms with Gasteiger partial charge in [-0.3, -0.25) is 0 Å². The molecule has 0 amide bonds. The van der Waals surface area contributed by atoms with Crippen molar-refractivity contribution >= 4 is 5.97 Å². The minimum atomic E-state index is -0.869. The van der Waals surface area contributed by atoms with Crippen LogP contribution in [0.4, 0.5) is 0 Å². The van der Waals surface area contributed by atoms with E-state index in [4.69, 9.17) is 5.11 Å². The molecule has 72 valence electrons. The van der Waals surface area contributed by atoms with E-state index in [-0.39, 0.29) is 0 Å². The topological polar surface area (TPSA) is 57.5 Å². The van der Waals surface area contributed by atoms with Crippen molar-refractivity contribution in [2.45, 2.75) is 32.3 Å². The Morgan fingerprint density at radius 1 is 1.38 bits per heavy atom. The maximum Gasteiger partial charge on any atom is 0.331 e. The monoisotopic (exact) mass is 182 g/mol. The summed E-state index contributed by atoms with van der Waals surface area (Å²) in [6.45, 7) is 3.41. The van der Waals surface area contributed by atoms with Crippen molar-refractivity contribution in [1.82, 2.24) is 0 Å². The number of aliphatic carboxylic acids is 1. The van der Waals surface area contributed by atoms with Crippen LogP contribution in [0.2, 0.25) is 0 Å². The van der Waals surface area contributed by atoms with E-state index in [0.717, 1.165) is 5.57 Å². The van der Waals surface area contributed by atoms with E-state index in [1.807, 2.05) is 0 Å². The number of aliphatic hydroxyl groups is 1. The molecule has 0 spiro atoms. The van der Waals surface area contributed by atoms with Gasteiger partial charge in [0.25, 0.3) is 0 Å². The summed E-state index contributed by atoms with van der Waals surface area (Å²) in [5.74, 6) is -0.869. The molecule has 1 rings (SSSR count). The number of hydrogen-bond acceptors (Lipinski definition) is 2. The van der Waals surface area contributed by atoms with Gasteiger partial charge in [0.05, 0.1) is 5.60 Å². The number of hydrogen-bond donors (Lipinski definition) is 2. The SMILES string of the molecule is CC(C)(O)C1=CC=C(C(=O)O)CC1. The first-order valence-electron chi connectivity index (χ1n) is 4.27. The molecule has 0 saturated carbocycles. The molecule has 0 radical (unpaired) electrons. The Morgan fingerprint density at radius 3 is 2.31 bits per heavy atom. The van der Waals surface area contributed by atoms with Crippen molar-refractivity contribution in [2.75, 3.05) is 0 Å². The number of rotatable bonds is 2. The fourth-order valence-corrected chi connectivity index (χ4v) is 1.33. The molecule has 1 aliphatic carbocycles. The van der Waals surface area contributed by atoms with Gasteiger partial charge >= 0.3 is 5.97 Å². The van der Waals surface area contributed by atoms with Crippen LogP contribution in [0.25, 0.3) is 0 Å². The van der Waals surface area contributed by atoms with Crippen molar-refractivity contribution in [1.29, 1.82) is 0 Å². The van der Waals surface area contributed by atoms with Gasteiger partial charge in [-0.1, -0.05) is 12.2 Å². The Hall–Kier alpha value is -1.09. The second-order valence-electron chi connectivity index (χ2n) is 3.75. The first-order chi connectivity index (χ1) is 5.91. The third kappa shape index (κ3) is 2.42. The van der Waals surface area contributed by atoms with Crippen LogP contribution in [0, 0.1) is 0 Å². The smallest absolute Gasteiger partial charge is 0.331 e. The Morgan fingerprint density at radius 2 is 2.00 bits per heavy atom. The Labute approximate surface area is 77.4 Å². The zero-order chi connectivity index (χ0) is 10.1. The van der Waals surface area contributed by atoms with Crippen LogP contribution in [0.1, 0.15) is 26.7 Å². The van der Waals surface area contributed by atoms with Crippen LogP contribution in [0.3, 0.4) is 0 Å².